The highest BCUT2D eigenvalue weighted by atomic mass is 32.2. The standard InChI is InChI=1S/C17H29NO5S/c19-24(20,16-1-2-16)18-7-5-17(6-8-18)11-15(13-23-17)22-12-14-3-9-21-10-4-14/h14-16H,1-13H2/t15-/m0/s1. The molecule has 0 unspecified atom stereocenters. The van der Waals surface area contributed by atoms with E-state index >= 15 is 0 Å². The fourth-order valence-corrected chi connectivity index (χ4v) is 6.01. The summed E-state index contributed by atoms with van der Waals surface area (Å²) in [6.07, 6.45) is 6.53. The van der Waals surface area contributed by atoms with Crippen LogP contribution in [0.2, 0.25) is 0 Å². The highest BCUT2D eigenvalue weighted by molar-refractivity contribution is 7.90. The molecule has 0 aromatic rings. The second-order valence-electron chi connectivity index (χ2n) is 7.85. The Morgan fingerprint density at radius 3 is 2.46 bits per heavy atom. The lowest BCUT2D eigenvalue weighted by Crippen LogP contribution is -2.47. The molecule has 1 spiro atoms. The van der Waals surface area contributed by atoms with E-state index in [1.54, 1.807) is 4.31 Å². The minimum absolute atomic E-state index is 0.105. The van der Waals surface area contributed by atoms with Crippen molar-refractivity contribution in [3.63, 3.8) is 0 Å². The van der Waals surface area contributed by atoms with Gasteiger partial charge in [-0.25, -0.2) is 12.7 Å². The molecule has 0 radical (unpaired) electrons. The summed E-state index contributed by atoms with van der Waals surface area (Å²) < 4.78 is 44.0. The van der Waals surface area contributed by atoms with Crippen LogP contribution < -0.4 is 0 Å². The number of nitrogens with zero attached hydrogens (tertiary/aromatic N) is 1. The van der Waals surface area contributed by atoms with Gasteiger partial charge >= 0.3 is 0 Å². The third-order valence-corrected chi connectivity index (χ3v) is 8.42. The monoisotopic (exact) mass is 359 g/mol. The van der Waals surface area contributed by atoms with E-state index in [1.807, 2.05) is 0 Å². The van der Waals surface area contributed by atoms with E-state index < -0.39 is 10.0 Å². The second kappa shape index (κ2) is 6.83. The van der Waals surface area contributed by atoms with Crippen molar-refractivity contribution in [1.82, 2.24) is 4.31 Å². The average Bonchev–Trinajstić information content (AvgIpc) is 3.39. The Morgan fingerprint density at radius 2 is 1.79 bits per heavy atom. The molecule has 6 nitrogen and oxygen atoms in total. The zero-order chi connectivity index (χ0) is 16.6. The van der Waals surface area contributed by atoms with Gasteiger partial charge in [-0.2, -0.15) is 0 Å². The van der Waals surface area contributed by atoms with Gasteiger partial charge in [-0.15, -0.1) is 0 Å². The van der Waals surface area contributed by atoms with Crippen LogP contribution in [0, 0.1) is 5.92 Å². The fourth-order valence-electron chi connectivity index (χ4n) is 4.17. The Labute approximate surface area is 144 Å². The molecule has 1 atom stereocenters. The van der Waals surface area contributed by atoms with Gasteiger partial charge in [-0.3, -0.25) is 0 Å². The summed E-state index contributed by atoms with van der Waals surface area (Å²) in [5, 5.41) is -0.105. The number of hydrogen-bond donors (Lipinski definition) is 0. The first-order chi connectivity index (χ1) is 11.6. The molecule has 7 heteroatoms. The van der Waals surface area contributed by atoms with E-state index in [0.29, 0.717) is 25.6 Å². The van der Waals surface area contributed by atoms with Gasteiger partial charge in [0.05, 0.1) is 30.2 Å². The van der Waals surface area contributed by atoms with Crippen molar-refractivity contribution >= 4 is 10.0 Å². The van der Waals surface area contributed by atoms with E-state index in [-0.39, 0.29) is 17.0 Å². The maximum Gasteiger partial charge on any atom is 0.216 e. The lowest BCUT2D eigenvalue weighted by Gasteiger charge is -2.38. The molecule has 0 bridgehead atoms. The number of sulfonamides is 1. The Balaban J connectivity index is 1.24. The summed E-state index contributed by atoms with van der Waals surface area (Å²) in [7, 11) is -3.04. The van der Waals surface area contributed by atoms with Crippen LogP contribution in [-0.2, 0) is 24.2 Å². The van der Waals surface area contributed by atoms with Crippen molar-refractivity contribution in [3.05, 3.63) is 0 Å². The molecule has 0 aromatic carbocycles. The van der Waals surface area contributed by atoms with Gasteiger partial charge in [0.15, 0.2) is 0 Å². The lowest BCUT2D eigenvalue weighted by atomic mass is 9.89. The zero-order valence-electron chi connectivity index (χ0n) is 14.3. The van der Waals surface area contributed by atoms with E-state index in [4.69, 9.17) is 14.2 Å². The molecule has 1 saturated carbocycles. The van der Waals surface area contributed by atoms with Gasteiger partial charge in [-0.1, -0.05) is 0 Å². The first-order valence-electron chi connectivity index (χ1n) is 9.40. The molecule has 24 heavy (non-hydrogen) atoms. The maximum atomic E-state index is 12.3. The van der Waals surface area contributed by atoms with Crippen LogP contribution in [0.5, 0.6) is 0 Å². The van der Waals surface area contributed by atoms with Gasteiger partial charge in [0, 0.05) is 32.7 Å². The first-order valence-corrected chi connectivity index (χ1v) is 10.9. The summed E-state index contributed by atoms with van der Waals surface area (Å²) >= 11 is 0. The Hall–Kier alpha value is -0.210. The van der Waals surface area contributed by atoms with Crippen LogP contribution in [0.1, 0.15) is 44.9 Å². The van der Waals surface area contributed by atoms with E-state index in [9.17, 15) is 8.42 Å². The minimum atomic E-state index is -3.04. The first kappa shape index (κ1) is 17.2. The summed E-state index contributed by atoms with van der Waals surface area (Å²) in [5.41, 5.74) is -0.157. The highest BCUT2D eigenvalue weighted by Crippen LogP contribution is 2.40. The van der Waals surface area contributed by atoms with Crippen LogP contribution in [0.3, 0.4) is 0 Å². The van der Waals surface area contributed by atoms with Crippen LogP contribution in [-0.4, -0.2) is 69.2 Å². The second-order valence-corrected chi connectivity index (χ2v) is 10.1. The largest absolute Gasteiger partial charge is 0.381 e. The zero-order valence-corrected chi connectivity index (χ0v) is 15.1. The number of ether oxygens (including phenoxy) is 3. The summed E-state index contributed by atoms with van der Waals surface area (Å²) in [6, 6.07) is 0. The van der Waals surface area contributed by atoms with E-state index in [2.05, 4.69) is 0 Å². The van der Waals surface area contributed by atoms with Gasteiger partial charge in [0.25, 0.3) is 0 Å². The van der Waals surface area contributed by atoms with Crippen molar-refractivity contribution in [2.24, 2.45) is 5.92 Å². The predicted molar refractivity (Wildman–Crippen MR) is 89.3 cm³/mol. The Bertz CT molecular complexity index is 533. The molecule has 138 valence electrons. The quantitative estimate of drug-likeness (QED) is 0.745. The molecule has 3 saturated heterocycles. The van der Waals surface area contributed by atoms with E-state index in [0.717, 1.165) is 64.8 Å². The molecule has 0 N–H and O–H groups in total. The molecule has 0 aromatic heterocycles. The third-order valence-electron chi connectivity index (χ3n) is 6.02. The van der Waals surface area contributed by atoms with E-state index in [1.165, 1.54) is 0 Å². The molecular weight excluding hydrogens is 330 g/mol. The molecule has 0 amide bonds. The molecule has 1 aliphatic carbocycles. The van der Waals surface area contributed by atoms with Gasteiger partial charge in [0.2, 0.25) is 10.0 Å². The molecular formula is C17H29NO5S. The third kappa shape index (κ3) is 3.65. The van der Waals surface area contributed by atoms with Crippen molar-refractivity contribution in [1.29, 1.82) is 0 Å². The normalized spacial score (nSPS) is 32.4. The molecule has 3 heterocycles. The average molecular weight is 359 g/mol. The summed E-state index contributed by atoms with van der Waals surface area (Å²) in [5.74, 6) is 0.612. The number of hydrogen-bond acceptors (Lipinski definition) is 5. The number of rotatable bonds is 5. The molecule has 4 fully saturated rings. The van der Waals surface area contributed by atoms with Crippen LogP contribution in [0.4, 0.5) is 0 Å². The SMILES string of the molecule is O=S(=O)(C1CC1)N1CCC2(CC1)C[C@H](OCC1CCOCC1)CO2. The molecule has 4 rings (SSSR count). The number of piperidine rings is 1. The van der Waals surface area contributed by atoms with Gasteiger partial charge in [-0.05, 0) is 44.4 Å². The van der Waals surface area contributed by atoms with Crippen LogP contribution in [0.25, 0.3) is 0 Å². The van der Waals surface area contributed by atoms with Crippen molar-refractivity contribution < 1.29 is 22.6 Å². The van der Waals surface area contributed by atoms with Crippen molar-refractivity contribution in [3.8, 4) is 0 Å². The lowest BCUT2D eigenvalue weighted by molar-refractivity contribution is -0.0369. The van der Waals surface area contributed by atoms with Gasteiger partial charge in [0.1, 0.15) is 0 Å². The van der Waals surface area contributed by atoms with Gasteiger partial charge < -0.3 is 14.2 Å². The predicted octanol–water partition coefficient (Wildman–Crippen LogP) is 1.55. The van der Waals surface area contributed by atoms with Crippen LogP contribution >= 0.6 is 0 Å². The molecule has 4 aliphatic rings. The topological polar surface area (TPSA) is 65.1 Å². The molecule has 3 aliphatic heterocycles. The van der Waals surface area contributed by atoms with Crippen molar-refractivity contribution in [2.75, 3.05) is 39.5 Å². The van der Waals surface area contributed by atoms with Crippen molar-refractivity contribution in [2.45, 2.75) is 61.9 Å². The summed E-state index contributed by atoms with van der Waals surface area (Å²) in [4.78, 5) is 0. The Morgan fingerprint density at radius 1 is 1.08 bits per heavy atom. The highest BCUT2D eigenvalue weighted by Gasteiger charge is 2.47. The minimum Gasteiger partial charge on any atom is -0.381 e. The maximum absolute atomic E-state index is 12.3. The van der Waals surface area contributed by atoms with Crippen LogP contribution in [0.15, 0.2) is 0 Å². The fraction of sp³-hybridized carbons (Fsp3) is 1.00. The summed E-state index contributed by atoms with van der Waals surface area (Å²) in [6.45, 7) is 4.36. The smallest absolute Gasteiger partial charge is 0.216 e. The Kier molecular flexibility index (Phi) is 4.90.